The van der Waals surface area contributed by atoms with E-state index >= 15 is 0 Å². The molecule has 0 radical (unpaired) electrons. The molecular weight excluding hydrogens is 214 g/mol. The Hall–Kier alpha value is -1.03. The van der Waals surface area contributed by atoms with Gasteiger partial charge in [0, 0.05) is 18.4 Å². The maximum Gasteiger partial charge on any atom is 0.292 e. The van der Waals surface area contributed by atoms with Crippen LogP contribution in [0.2, 0.25) is 0 Å². The van der Waals surface area contributed by atoms with Crippen molar-refractivity contribution in [1.82, 2.24) is 9.88 Å². The summed E-state index contributed by atoms with van der Waals surface area (Å²) in [6.07, 6.45) is 5.95. The number of hydrogen-bond acceptors (Lipinski definition) is 4. The van der Waals surface area contributed by atoms with Crippen LogP contribution in [0.4, 0.5) is 6.01 Å². The zero-order valence-electron chi connectivity index (χ0n) is 10.5. The minimum Gasteiger partial charge on any atom is -0.429 e. The van der Waals surface area contributed by atoms with Gasteiger partial charge in [-0.3, -0.25) is 4.90 Å². The molecule has 0 bridgehead atoms. The number of nitrogens with two attached hydrogens (primary N) is 1. The number of likely N-dealkylation sites (tertiary alicyclic amines) is 1. The molecule has 1 aromatic heterocycles. The molecule has 1 fully saturated rings. The molecule has 2 N–H and O–H groups in total. The molecule has 1 aromatic rings. The van der Waals surface area contributed by atoms with Gasteiger partial charge in [0.1, 0.15) is 5.76 Å². The third kappa shape index (κ3) is 1.84. The van der Waals surface area contributed by atoms with E-state index in [-0.39, 0.29) is 0 Å². The fourth-order valence-corrected chi connectivity index (χ4v) is 3.52. The molecule has 1 aliphatic heterocycles. The van der Waals surface area contributed by atoms with Crippen LogP contribution in [-0.2, 0) is 6.42 Å². The smallest absolute Gasteiger partial charge is 0.292 e. The second-order valence-corrected chi connectivity index (χ2v) is 5.25. The summed E-state index contributed by atoms with van der Waals surface area (Å²) in [5, 5.41) is 0. The highest BCUT2D eigenvalue weighted by molar-refractivity contribution is 5.28. The Bertz CT molecular complexity index is 399. The highest BCUT2D eigenvalue weighted by atomic mass is 16.4. The summed E-state index contributed by atoms with van der Waals surface area (Å²) in [5.41, 5.74) is 6.83. The molecule has 0 amide bonds. The van der Waals surface area contributed by atoms with Crippen LogP contribution in [0.25, 0.3) is 0 Å². The van der Waals surface area contributed by atoms with Crippen molar-refractivity contribution in [2.24, 2.45) is 0 Å². The number of hydrogen-bond donors (Lipinski definition) is 1. The topological polar surface area (TPSA) is 55.3 Å². The molecule has 0 saturated carbocycles. The van der Waals surface area contributed by atoms with Gasteiger partial charge in [0.05, 0.1) is 5.69 Å². The van der Waals surface area contributed by atoms with E-state index in [1.165, 1.54) is 38.8 Å². The van der Waals surface area contributed by atoms with E-state index in [9.17, 15) is 0 Å². The Morgan fingerprint density at radius 2 is 2.35 bits per heavy atom. The van der Waals surface area contributed by atoms with Gasteiger partial charge in [-0.25, -0.2) is 0 Å². The molecule has 1 saturated heterocycles. The maximum absolute atomic E-state index is 5.68. The van der Waals surface area contributed by atoms with E-state index in [1.54, 1.807) is 0 Å². The zero-order chi connectivity index (χ0) is 11.8. The largest absolute Gasteiger partial charge is 0.429 e. The fourth-order valence-electron chi connectivity index (χ4n) is 3.52. The van der Waals surface area contributed by atoms with E-state index in [0.29, 0.717) is 18.0 Å². The van der Waals surface area contributed by atoms with Crippen molar-refractivity contribution in [3.63, 3.8) is 0 Å². The van der Waals surface area contributed by atoms with Crippen molar-refractivity contribution in [2.75, 3.05) is 18.8 Å². The van der Waals surface area contributed by atoms with E-state index in [4.69, 9.17) is 10.2 Å². The van der Waals surface area contributed by atoms with Crippen LogP contribution in [0.5, 0.6) is 0 Å². The molecule has 4 heteroatoms. The van der Waals surface area contributed by atoms with Gasteiger partial charge in [0.2, 0.25) is 0 Å². The van der Waals surface area contributed by atoms with Gasteiger partial charge in [-0.1, -0.05) is 6.92 Å². The molecule has 2 atom stereocenters. The Labute approximate surface area is 102 Å². The van der Waals surface area contributed by atoms with E-state index in [2.05, 4.69) is 16.8 Å². The van der Waals surface area contributed by atoms with E-state index in [0.717, 1.165) is 17.9 Å². The Kier molecular flexibility index (Phi) is 2.82. The first-order chi connectivity index (χ1) is 8.29. The van der Waals surface area contributed by atoms with Crippen molar-refractivity contribution >= 4 is 6.01 Å². The summed E-state index contributed by atoms with van der Waals surface area (Å²) < 4.78 is 5.50. The number of nitrogen functional groups attached to an aromatic ring is 1. The Balaban J connectivity index is 1.87. The van der Waals surface area contributed by atoms with E-state index < -0.39 is 0 Å². The fraction of sp³-hybridized carbons (Fsp3) is 0.769. The molecule has 17 heavy (non-hydrogen) atoms. The van der Waals surface area contributed by atoms with Gasteiger partial charge in [0.15, 0.2) is 0 Å². The average Bonchev–Trinajstić information content (AvgIpc) is 2.70. The summed E-state index contributed by atoms with van der Waals surface area (Å²) in [6.45, 7) is 4.72. The average molecular weight is 235 g/mol. The standard InChI is InChI=1S/C13H21N3O/c1-2-7-16-8-3-4-9-10(16)5-6-11-12(9)15-13(14)17-11/h9-10H,2-8H2,1H3,(H2,14,15)/t9-,10+/m1/s1. The number of fused-ring (bicyclic) bond motifs is 3. The molecule has 3 rings (SSSR count). The van der Waals surface area contributed by atoms with Crippen LogP contribution in [0, 0.1) is 0 Å². The molecule has 0 unspecified atom stereocenters. The second-order valence-electron chi connectivity index (χ2n) is 5.25. The third-order valence-electron chi connectivity index (χ3n) is 4.17. The SMILES string of the molecule is CCCN1CCC[C@H]2c3nc(N)oc3CC[C@@H]21. The number of nitrogens with zero attached hydrogens (tertiary/aromatic N) is 2. The van der Waals surface area contributed by atoms with Crippen LogP contribution < -0.4 is 5.73 Å². The highest BCUT2D eigenvalue weighted by Gasteiger charge is 2.38. The second kappa shape index (κ2) is 4.33. The van der Waals surface area contributed by atoms with Crippen LogP contribution in [0.3, 0.4) is 0 Å². The van der Waals surface area contributed by atoms with Gasteiger partial charge in [0.25, 0.3) is 6.01 Å². The normalized spacial score (nSPS) is 28.8. The first kappa shape index (κ1) is 11.1. The van der Waals surface area contributed by atoms with Crippen LogP contribution >= 0.6 is 0 Å². The van der Waals surface area contributed by atoms with Gasteiger partial charge in [-0.2, -0.15) is 4.98 Å². The van der Waals surface area contributed by atoms with Crippen molar-refractivity contribution < 1.29 is 4.42 Å². The van der Waals surface area contributed by atoms with E-state index in [1.807, 2.05) is 0 Å². The number of piperidine rings is 1. The zero-order valence-corrected chi connectivity index (χ0v) is 10.5. The number of aryl methyl sites for hydroxylation is 1. The van der Waals surface area contributed by atoms with Gasteiger partial charge < -0.3 is 10.2 Å². The predicted molar refractivity (Wildman–Crippen MR) is 66.9 cm³/mol. The molecule has 94 valence electrons. The molecule has 0 spiro atoms. The lowest BCUT2D eigenvalue weighted by atomic mass is 9.79. The summed E-state index contributed by atoms with van der Waals surface area (Å²) in [4.78, 5) is 7.06. The highest BCUT2D eigenvalue weighted by Crippen LogP contribution is 2.40. The minimum absolute atomic E-state index is 0.350. The number of anilines is 1. The molecule has 4 nitrogen and oxygen atoms in total. The number of rotatable bonds is 2. The van der Waals surface area contributed by atoms with Crippen molar-refractivity contribution in [2.45, 2.75) is 51.0 Å². The third-order valence-corrected chi connectivity index (χ3v) is 4.17. The van der Waals surface area contributed by atoms with Crippen molar-refractivity contribution in [1.29, 1.82) is 0 Å². The summed E-state index contributed by atoms with van der Waals surface area (Å²) >= 11 is 0. The van der Waals surface area contributed by atoms with Crippen LogP contribution in [-0.4, -0.2) is 29.0 Å². The lowest BCUT2D eigenvalue weighted by Gasteiger charge is -2.42. The molecule has 2 heterocycles. The maximum atomic E-state index is 5.68. The quantitative estimate of drug-likeness (QED) is 0.853. The van der Waals surface area contributed by atoms with Crippen molar-refractivity contribution in [3.8, 4) is 0 Å². The van der Waals surface area contributed by atoms with Gasteiger partial charge in [-0.05, 0) is 38.8 Å². The Morgan fingerprint density at radius 1 is 1.47 bits per heavy atom. The summed E-state index contributed by atoms with van der Waals surface area (Å²) in [6, 6.07) is 1.02. The van der Waals surface area contributed by atoms with Gasteiger partial charge >= 0.3 is 0 Å². The van der Waals surface area contributed by atoms with Crippen LogP contribution in [0.1, 0.15) is 50.0 Å². The Morgan fingerprint density at radius 3 is 3.18 bits per heavy atom. The predicted octanol–water partition coefficient (Wildman–Crippen LogP) is 2.16. The molecule has 1 aliphatic carbocycles. The minimum atomic E-state index is 0.350. The first-order valence-corrected chi connectivity index (χ1v) is 6.78. The molecule has 2 aliphatic rings. The van der Waals surface area contributed by atoms with Crippen molar-refractivity contribution in [3.05, 3.63) is 11.5 Å². The molecule has 0 aromatic carbocycles. The monoisotopic (exact) mass is 235 g/mol. The number of oxazole rings is 1. The summed E-state index contributed by atoms with van der Waals surface area (Å²) in [7, 11) is 0. The number of aromatic nitrogens is 1. The molecular formula is C13H21N3O. The lowest BCUT2D eigenvalue weighted by molar-refractivity contribution is 0.108. The van der Waals surface area contributed by atoms with Crippen LogP contribution in [0.15, 0.2) is 4.42 Å². The summed E-state index contributed by atoms with van der Waals surface area (Å²) in [5.74, 6) is 1.60. The first-order valence-electron chi connectivity index (χ1n) is 6.78. The lowest BCUT2D eigenvalue weighted by Crippen LogP contribution is -2.46. The van der Waals surface area contributed by atoms with Gasteiger partial charge in [-0.15, -0.1) is 0 Å².